The van der Waals surface area contributed by atoms with E-state index in [9.17, 15) is 24.0 Å². The number of nitrogens with zero attached hydrogens (tertiary/aromatic N) is 5. The molecule has 5 N–H and O–H groups in total. The Balaban J connectivity index is 1.34. The van der Waals surface area contributed by atoms with Crippen LogP contribution in [0.1, 0.15) is 71.5 Å². The minimum atomic E-state index is -1.13. The number of fused-ring (bicyclic) bond motifs is 2. The Hall–Kier alpha value is -6.30. The number of H-pyrrole nitrogens is 1. The third-order valence-corrected chi connectivity index (χ3v) is 11.1. The standard InChI is InChI=1S/C41H50N10O7S/c1-7-23(2)37-40(55)44-24(3)38-47-34(17-26-12-13-32(57-5)33(16-26)58-6)49-51(38)21-35(52)42-14-15-50(41(56)31-22-59-25(4)45-31)20-36(53)46-30(39(54)48-37)18-27-19-43-29-11-9-8-10-28(27)29/h8-13,16,19,22-24,30,37,43H,7,14-15,17-18,20-21H2,1-6H3,(H,42,52)(H,44,55)(H,46,53)(H,48,54)/t23-,24+,30+,37-/m0/s1. The normalized spacial score (nSPS) is 19.1. The van der Waals surface area contributed by atoms with Crippen molar-refractivity contribution in [2.24, 2.45) is 5.92 Å². The van der Waals surface area contributed by atoms with Crippen molar-refractivity contribution in [3.05, 3.63) is 87.5 Å². The molecule has 1 aliphatic rings. The summed E-state index contributed by atoms with van der Waals surface area (Å²) in [5.74, 6) is -1.11. The number of aromatic amines is 1. The van der Waals surface area contributed by atoms with Gasteiger partial charge in [-0.05, 0) is 49.1 Å². The van der Waals surface area contributed by atoms with Crippen LogP contribution in [0.5, 0.6) is 11.5 Å². The Morgan fingerprint density at radius 1 is 0.966 bits per heavy atom. The number of amides is 5. The molecule has 0 spiro atoms. The van der Waals surface area contributed by atoms with Gasteiger partial charge in [-0.1, -0.05) is 44.5 Å². The Morgan fingerprint density at radius 2 is 1.75 bits per heavy atom. The number of carbonyl (C=O) groups excluding carboxylic acids is 5. The highest BCUT2D eigenvalue weighted by atomic mass is 32.1. The number of aromatic nitrogens is 5. The molecule has 59 heavy (non-hydrogen) atoms. The van der Waals surface area contributed by atoms with Crippen molar-refractivity contribution < 1.29 is 33.4 Å². The van der Waals surface area contributed by atoms with E-state index in [4.69, 9.17) is 14.5 Å². The molecular formula is C41H50N10O7S. The van der Waals surface area contributed by atoms with Gasteiger partial charge in [0.1, 0.15) is 30.1 Å². The van der Waals surface area contributed by atoms with Crippen LogP contribution < -0.4 is 30.7 Å². The summed E-state index contributed by atoms with van der Waals surface area (Å²) in [6.07, 6.45) is 2.70. The summed E-state index contributed by atoms with van der Waals surface area (Å²) in [6, 6.07) is 10.2. The number of rotatable bonds is 9. The zero-order valence-electron chi connectivity index (χ0n) is 34.0. The SMILES string of the molecule is CC[C@H](C)[C@@H]1NC(=O)[C@@H](Cc2c[nH]c3ccccc23)NC(=O)CN(C(=O)c2csc(C)n2)CCNC(=O)Cn2nc(Cc3ccc(OC)c(OC)c3)nc2[C@@H](C)NC1=O. The fourth-order valence-electron chi connectivity index (χ4n) is 6.95. The monoisotopic (exact) mass is 826 g/mol. The zero-order valence-corrected chi connectivity index (χ0v) is 34.8. The molecule has 0 fully saturated rings. The lowest BCUT2D eigenvalue weighted by Crippen LogP contribution is -2.57. The van der Waals surface area contributed by atoms with Crippen LogP contribution in [-0.2, 0) is 38.6 Å². The van der Waals surface area contributed by atoms with Crippen LogP contribution >= 0.6 is 11.3 Å². The van der Waals surface area contributed by atoms with Crippen LogP contribution in [0.3, 0.4) is 0 Å². The number of nitrogens with one attached hydrogen (secondary N) is 5. The quantitative estimate of drug-likeness (QED) is 0.147. The Kier molecular flexibility index (Phi) is 13.6. The van der Waals surface area contributed by atoms with E-state index in [0.717, 1.165) is 22.0 Å². The average Bonchev–Trinajstić information content (AvgIpc) is 3.96. The minimum absolute atomic E-state index is 0.00830. The van der Waals surface area contributed by atoms with Crippen LogP contribution in [0.15, 0.2) is 54.0 Å². The minimum Gasteiger partial charge on any atom is -0.493 e. The first-order valence-electron chi connectivity index (χ1n) is 19.4. The lowest BCUT2D eigenvalue weighted by Gasteiger charge is -2.28. The van der Waals surface area contributed by atoms with Crippen LogP contribution in [0, 0.1) is 12.8 Å². The van der Waals surface area contributed by atoms with E-state index in [1.807, 2.05) is 50.2 Å². The third-order valence-electron chi connectivity index (χ3n) is 10.3. The molecule has 5 amide bonds. The molecule has 17 nitrogen and oxygen atoms in total. The van der Waals surface area contributed by atoms with Gasteiger partial charge in [-0.2, -0.15) is 5.10 Å². The smallest absolute Gasteiger partial charge is 0.273 e. The largest absolute Gasteiger partial charge is 0.493 e. The molecule has 5 aromatic rings. The number of aryl methyl sites for hydroxylation is 1. The molecule has 0 saturated carbocycles. The predicted octanol–water partition coefficient (Wildman–Crippen LogP) is 2.84. The van der Waals surface area contributed by atoms with Gasteiger partial charge in [0.15, 0.2) is 17.3 Å². The van der Waals surface area contributed by atoms with Crippen molar-refractivity contribution in [2.45, 2.75) is 71.6 Å². The summed E-state index contributed by atoms with van der Waals surface area (Å²) >= 11 is 1.30. The van der Waals surface area contributed by atoms with Gasteiger partial charge in [-0.3, -0.25) is 24.0 Å². The fraction of sp³-hybridized carbons (Fsp3) is 0.415. The Morgan fingerprint density at radius 3 is 2.47 bits per heavy atom. The van der Waals surface area contributed by atoms with Crippen molar-refractivity contribution >= 4 is 51.8 Å². The van der Waals surface area contributed by atoms with Gasteiger partial charge in [0, 0.05) is 48.4 Å². The molecular weight excluding hydrogens is 777 g/mol. The van der Waals surface area contributed by atoms with Crippen molar-refractivity contribution in [1.82, 2.24) is 50.9 Å². The number of hydrogen-bond acceptors (Lipinski definition) is 11. The van der Waals surface area contributed by atoms with E-state index in [0.29, 0.717) is 34.6 Å². The highest BCUT2D eigenvalue weighted by molar-refractivity contribution is 7.09. The van der Waals surface area contributed by atoms with Crippen LogP contribution in [0.4, 0.5) is 0 Å². The summed E-state index contributed by atoms with van der Waals surface area (Å²) in [5, 5.41) is 19.4. The van der Waals surface area contributed by atoms with E-state index in [1.54, 1.807) is 45.7 Å². The van der Waals surface area contributed by atoms with Crippen LogP contribution in [0.2, 0.25) is 0 Å². The molecule has 0 bridgehead atoms. The molecule has 1 aliphatic heterocycles. The molecule has 6 rings (SSSR count). The van der Waals surface area contributed by atoms with E-state index >= 15 is 0 Å². The van der Waals surface area contributed by atoms with E-state index in [-0.39, 0.29) is 44.1 Å². The van der Waals surface area contributed by atoms with E-state index in [2.05, 4.69) is 36.3 Å². The van der Waals surface area contributed by atoms with Gasteiger partial charge in [0.2, 0.25) is 23.6 Å². The second-order valence-electron chi connectivity index (χ2n) is 14.5. The van der Waals surface area contributed by atoms with Crippen molar-refractivity contribution in [2.75, 3.05) is 33.9 Å². The summed E-state index contributed by atoms with van der Waals surface area (Å²) in [6.45, 7) is 6.54. The third kappa shape index (κ3) is 10.2. The topological polar surface area (TPSA) is 215 Å². The van der Waals surface area contributed by atoms with Gasteiger partial charge in [-0.25, -0.2) is 14.6 Å². The number of methoxy groups -OCH3 is 2. The highest BCUT2D eigenvalue weighted by Gasteiger charge is 2.33. The van der Waals surface area contributed by atoms with Gasteiger partial charge >= 0.3 is 0 Å². The average molecular weight is 827 g/mol. The molecule has 0 aliphatic carbocycles. The lowest BCUT2D eigenvalue weighted by atomic mass is 9.96. The first kappa shape index (κ1) is 42.3. The maximum atomic E-state index is 14.3. The number of benzene rings is 2. The molecule has 312 valence electrons. The first-order chi connectivity index (χ1) is 28.4. The molecule has 4 atom stereocenters. The second kappa shape index (κ2) is 19.0. The molecule has 0 radical (unpaired) electrons. The van der Waals surface area contributed by atoms with E-state index in [1.165, 1.54) is 20.9 Å². The summed E-state index contributed by atoms with van der Waals surface area (Å²) in [5.41, 5.74) is 2.62. The van der Waals surface area contributed by atoms with Crippen molar-refractivity contribution in [3.8, 4) is 11.5 Å². The number of thiazole rings is 1. The maximum absolute atomic E-state index is 14.3. The first-order valence-corrected chi connectivity index (χ1v) is 20.3. The Bertz CT molecular complexity index is 2320. The van der Waals surface area contributed by atoms with Crippen LogP contribution in [-0.4, -0.2) is 105 Å². The number of carbonyl (C=O) groups is 5. The zero-order chi connectivity index (χ0) is 42.2. The lowest BCUT2D eigenvalue weighted by molar-refractivity contribution is -0.133. The van der Waals surface area contributed by atoms with Gasteiger partial charge in [0.25, 0.3) is 5.91 Å². The number of para-hydroxylation sites is 1. The Labute approximate surface area is 345 Å². The fourth-order valence-corrected chi connectivity index (χ4v) is 7.54. The predicted molar refractivity (Wildman–Crippen MR) is 220 cm³/mol. The summed E-state index contributed by atoms with van der Waals surface area (Å²) in [7, 11) is 3.10. The number of hydrogen-bond donors (Lipinski definition) is 5. The summed E-state index contributed by atoms with van der Waals surface area (Å²) < 4.78 is 12.3. The molecule has 3 aromatic heterocycles. The van der Waals surface area contributed by atoms with Crippen molar-refractivity contribution in [1.29, 1.82) is 0 Å². The van der Waals surface area contributed by atoms with Gasteiger partial charge in [-0.15, -0.1) is 11.3 Å². The molecule has 4 heterocycles. The van der Waals surface area contributed by atoms with Gasteiger partial charge < -0.3 is 40.6 Å². The second-order valence-corrected chi connectivity index (χ2v) is 15.6. The summed E-state index contributed by atoms with van der Waals surface area (Å²) in [4.78, 5) is 83.1. The van der Waals surface area contributed by atoms with Gasteiger partial charge in [0.05, 0.1) is 31.8 Å². The molecule has 18 heteroatoms. The van der Waals surface area contributed by atoms with Crippen molar-refractivity contribution in [3.63, 3.8) is 0 Å². The van der Waals surface area contributed by atoms with Crippen LogP contribution in [0.25, 0.3) is 10.9 Å². The number of ether oxygens (including phenoxy) is 2. The molecule has 0 saturated heterocycles. The molecule has 0 unspecified atom stereocenters. The highest BCUT2D eigenvalue weighted by Crippen LogP contribution is 2.28. The maximum Gasteiger partial charge on any atom is 0.273 e. The molecule has 2 aromatic carbocycles. The van der Waals surface area contributed by atoms with E-state index < -0.39 is 54.2 Å².